The minimum atomic E-state index is -0.730. The lowest BCUT2D eigenvalue weighted by Crippen LogP contribution is -2.47. The molecule has 1 aromatic rings. The van der Waals surface area contributed by atoms with Gasteiger partial charge in [-0.25, -0.2) is 0 Å². The van der Waals surface area contributed by atoms with Crippen LogP contribution in [-0.4, -0.2) is 24.2 Å². The molecular weight excluding hydrogens is 204 g/mol. The third-order valence-electron chi connectivity index (χ3n) is 2.82. The Hall–Kier alpha value is -1.39. The molecule has 0 saturated carbocycles. The summed E-state index contributed by atoms with van der Waals surface area (Å²) < 4.78 is 0. The van der Waals surface area contributed by atoms with Gasteiger partial charge in [-0.1, -0.05) is 30.3 Å². The van der Waals surface area contributed by atoms with E-state index in [2.05, 4.69) is 22.8 Å². The highest BCUT2D eigenvalue weighted by molar-refractivity contribution is 5.67. The van der Waals surface area contributed by atoms with Crippen molar-refractivity contribution >= 4 is 5.97 Å². The van der Waals surface area contributed by atoms with E-state index in [9.17, 15) is 4.79 Å². The topological polar surface area (TPSA) is 61.4 Å². The molecule has 0 atom stereocenters. The first-order valence-corrected chi connectivity index (χ1v) is 5.49. The van der Waals surface area contributed by atoms with Gasteiger partial charge in [-0.15, -0.1) is 0 Å². The maximum atomic E-state index is 10.6. The van der Waals surface area contributed by atoms with Gasteiger partial charge in [0, 0.05) is 13.1 Å². The van der Waals surface area contributed by atoms with Crippen LogP contribution in [0.2, 0.25) is 0 Å². The Bertz CT molecular complexity index is 345. The van der Waals surface area contributed by atoms with Crippen LogP contribution < -0.4 is 10.6 Å². The van der Waals surface area contributed by atoms with Crippen molar-refractivity contribution in [2.75, 3.05) is 13.1 Å². The molecule has 3 N–H and O–H groups in total. The fourth-order valence-corrected chi connectivity index (χ4v) is 1.99. The molecule has 0 amide bonds. The summed E-state index contributed by atoms with van der Waals surface area (Å²) in [4.78, 5) is 10.6. The monoisotopic (exact) mass is 220 g/mol. The molecule has 16 heavy (non-hydrogen) atoms. The second kappa shape index (κ2) is 5.09. The van der Waals surface area contributed by atoms with Crippen LogP contribution in [0.5, 0.6) is 0 Å². The van der Waals surface area contributed by atoms with Gasteiger partial charge in [0.05, 0.1) is 12.6 Å². The number of carboxylic acid groups (broad SMARTS) is 1. The zero-order chi connectivity index (χ0) is 11.4. The molecule has 1 aromatic carbocycles. The molecule has 1 aliphatic rings. The highest BCUT2D eigenvalue weighted by Crippen LogP contribution is 2.15. The lowest BCUT2D eigenvalue weighted by atomic mass is 10.0. The molecule has 1 saturated heterocycles. The van der Waals surface area contributed by atoms with Crippen molar-refractivity contribution in [2.45, 2.75) is 12.6 Å². The third-order valence-corrected chi connectivity index (χ3v) is 2.82. The average Bonchev–Trinajstić information content (AvgIpc) is 2.30. The first-order chi connectivity index (χ1) is 7.75. The fraction of sp³-hybridized carbons (Fsp3) is 0.417. The van der Waals surface area contributed by atoms with E-state index in [0.717, 1.165) is 13.1 Å². The van der Waals surface area contributed by atoms with Gasteiger partial charge in [-0.2, -0.15) is 0 Å². The van der Waals surface area contributed by atoms with Gasteiger partial charge in [0.2, 0.25) is 0 Å². The van der Waals surface area contributed by atoms with Crippen molar-refractivity contribution < 1.29 is 9.90 Å². The van der Waals surface area contributed by atoms with E-state index in [1.807, 2.05) is 18.2 Å². The Balaban J connectivity index is 1.88. The molecule has 1 fully saturated rings. The quantitative estimate of drug-likeness (QED) is 0.710. The molecule has 1 heterocycles. The largest absolute Gasteiger partial charge is 0.481 e. The van der Waals surface area contributed by atoms with E-state index in [0.29, 0.717) is 0 Å². The number of hydrogen-bond acceptors (Lipinski definition) is 3. The van der Waals surface area contributed by atoms with Gasteiger partial charge in [0.25, 0.3) is 0 Å². The summed E-state index contributed by atoms with van der Waals surface area (Å²) in [5.74, 6) is -0.552. The Kier molecular flexibility index (Phi) is 3.54. The summed E-state index contributed by atoms with van der Waals surface area (Å²) in [5.41, 5.74) is 1.19. The van der Waals surface area contributed by atoms with Crippen molar-refractivity contribution in [3.05, 3.63) is 35.9 Å². The number of carboxylic acids is 1. The molecule has 1 aliphatic heterocycles. The van der Waals surface area contributed by atoms with Gasteiger partial charge in [0.1, 0.15) is 0 Å². The zero-order valence-corrected chi connectivity index (χ0v) is 9.02. The van der Waals surface area contributed by atoms with Crippen LogP contribution >= 0.6 is 0 Å². The molecule has 0 bridgehead atoms. The van der Waals surface area contributed by atoms with Crippen LogP contribution in [0.1, 0.15) is 18.2 Å². The van der Waals surface area contributed by atoms with Gasteiger partial charge >= 0.3 is 5.97 Å². The molecule has 0 aromatic heterocycles. The summed E-state index contributed by atoms with van der Waals surface area (Å²) in [5, 5.41) is 15.3. The molecule has 0 radical (unpaired) electrons. The van der Waals surface area contributed by atoms with Crippen molar-refractivity contribution in [2.24, 2.45) is 5.92 Å². The molecule has 4 nitrogen and oxygen atoms in total. The second-order valence-electron chi connectivity index (χ2n) is 4.12. The lowest BCUT2D eigenvalue weighted by molar-refractivity contribution is -0.138. The smallest absolute Gasteiger partial charge is 0.303 e. The van der Waals surface area contributed by atoms with Crippen LogP contribution in [-0.2, 0) is 4.79 Å². The minimum absolute atomic E-state index is 0.145. The number of aliphatic carboxylic acids is 1. The third kappa shape index (κ3) is 2.81. The Morgan fingerprint density at radius 2 is 1.88 bits per heavy atom. The first-order valence-electron chi connectivity index (χ1n) is 5.49. The predicted molar refractivity (Wildman–Crippen MR) is 60.9 cm³/mol. The maximum Gasteiger partial charge on any atom is 0.303 e. The fourth-order valence-electron chi connectivity index (χ4n) is 1.99. The number of nitrogens with one attached hydrogen (secondary N) is 2. The van der Waals surface area contributed by atoms with Crippen LogP contribution in [0.4, 0.5) is 0 Å². The summed E-state index contributed by atoms with van der Waals surface area (Å²) in [6.07, 6.45) is 0.368. The summed E-state index contributed by atoms with van der Waals surface area (Å²) in [6.45, 7) is 1.50. The van der Waals surface area contributed by atoms with Gasteiger partial charge in [-0.3, -0.25) is 15.4 Å². The second-order valence-corrected chi connectivity index (χ2v) is 4.12. The van der Waals surface area contributed by atoms with Crippen LogP contribution in [0, 0.1) is 5.92 Å². The number of carbonyl (C=O) groups is 1. The minimum Gasteiger partial charge on any atom is -0.481 e. The highest BCUT2D eigenvalue weighted by Gasteiger charge is 2.22. The Morgan fingerprint density at radius 3 is 2.44 bits per heavy atom. The van der Waals surface area contributed by atoms with E-state index in [1.54, 1.807) is 0 Å². The van der Waals surface area contributed by atoms with E-state index < -0.39 is 5.97 Å². The van der Waals surface area contributed by atoms with Gasteiger partial charge in [0.15, 0.2) is 0 Å². The normalized spacial score (nSPS) is 25.2. The van der Waals surface area contributed by atoms with Gasteiger partial charge in [-0.05, 0) is 11.5 Å². The summed E-state index contributed by atoms with van der Waals surface area (Å²) in [7, 11) is 0. The van der Waals surface area contributed by atoms with Crippen molar-refractivity contribution in [3.63, 3.8) is 0 Å². The molecule has 86 valence electrons. The Morgan fingerprint density at radius 1 is 1.25 bits per heavy atom. The summed E-state index contributed by atoms with van der Waals surface area (Å²) >= 11 is 0. The first kappa shape index (κ1) is 11.1. The average molecular weight is 220 g/mol. The van der Waals surface area contributed by atoms with Crippen molar-refractivity contribution in [3.8, 4) is 0 Å². The van der Waals surface area contributed by atoms with E-state index in [1.165, 1.54) is 5.56 Å². The summed E-state index contributed by atoms with van der Waals surface area (Å²) in [6, 6.07) is 10.1. The van der Waals surface area contributed by atoms with Gasteiger partial charge < -0.3 is 5.11 Å². The number of rotatable bonds is 3. The number of benzene rings is 1. The highest BCUT2D eigenvalue weighted by atomic mass is 16.4. The molecule has 0 unspecified atom stereocenters. The number of hydrogen-bond donors (Lipinski definition) is 3. The molecule has 4 heteroatoms. The lowest BCUT2D eigenvalue weighted by Gasteiger charge is -2.30. The van der Waals surface area contributed by atoms with Crippen molar-refractivity contribution in [1.82, 2.24) is 10.6 Å². The van der Waals surface area contributed by atoms with Crippen molar-refractivity contribution in [1.29, 1.82) is 0 Å². The SMILES string of the molecule is O=C(O)CC1CNC(c2ccccc2)NC1. The zero-order valence-electron chi connectivity index (χ0n) is 9.02. The Labute approximate surface area is 94.7 Å². The standard InChI is InChI=1S/C12H16N2O2/c15-11(16)6-9-7-13-12(14-8-9)10-4-2-1-3-5-10/h1-5,9,12-14H,6-8H2,(H,15,16). The molecule has 0 aliphatic carbocycles. The molecular formula is C12H16N2O2. The van der Waals surface area contributed by atoms with E-state index in [-0.39, 0.29) is 18.5 Å². The van der Waals surface area contributed by atoms with E-state index in [4.69, 9.17) is 5.11 Å². The molecule has 0 spiro atoms. The maximum absolute atomic E-state index is 10.6. The van der Waals surface area contributed by atoms with Crippen LogP contribution in [0.25, 0.3) is 0 Å². The predicted octanol–water partition coefficient (Wildman–Crippen LogP) is 0.969. The molecule has 2 rings (SSSR count). The van der Waals surface area contributed by atoms with Crippen LogP contribution in [0.15, 0.2) is 30.3 Å². The van der Waals surface area contributed by atoms with Crippen LogP contribution in [0.3, 0.4) is 0 Å². The van der Waals surface area contributed by atoms with E-state index >= 15 is 0 Å².